The van der Waals surface area contributed by atoms with Gasteiger partial charge in [-0.2, -0.15) is 4.98 Å². The van der Waals surface area contributed by atoms with Crippen molar-refractivity contribution in [2.75, 3.05) is 0 Å². The topological polar surface area (TPSA) is 94.0 Å². The van der Waals surface area contributed by atoms with Gasteiger partial charge in [-0.3, -0.25) is 4.79 Å². The zero-order chi connectivity index (χ0) is 12.8. The molecule has 0 bridgehead atoms. The molecule has 0 saturated carbocycles. The second kappa shape index (κ2) is 5.92. The molecule has 1 aromatic heterocycles. The van der Waals surface area contributed by atoms with E-state index in [2.05, 4.69) is 15.5 Å². The Labute approximate surface area is 104 Å². The lowest BCUT2D eigenvalue weighted by atomic mass is 10.2. The minimum Gasteiger partial charge on any atom is -0.352 e. The van der Waals surface area contributed by atoms with Crippen molar-refractivity contribution >= 4 is 5.91 Å². The van der Waals surface area contributed by atoms with Crippen LogP contribution in [0.1, 0.15) is 17.3 Å². The fourth-order valence-electron chi connectivity index (χ4n) is 1.45. The van der Waals surface area contributed by atoms with E-state index in [-0.39, 0.29) is 18.9 Å². The average Bonchev–Trinajstić information content (AvgIpc) is 2.85. The zero-order valence-corrected chi connectivity index (χ0v) is 9.80. The molecule has 2 rings (SSSR count). The number of nitrogens with one attached hydrogen (secondary N) is 1. The summed E-state index contributed by atoms with van der Waals surface area (Å²) >= 11 is 0. The van der Waals surface area contributed by atoms with Gasteiger partial charge < -0.3 is 15.6 Å². The second-order valence-electron chi connectivity index (χ2n) is 3.75. The van der Waals surface area contributed by atoms with Gasteiger partial charge in [-0.1, -0.05) is 35.5 Å². The van der Waals surface area contributed by atoms with Gasteiger partial charge in [-0.05, 0) is 5.56 Å². The third kappa shape index (κ3) is 3.39. The minimum absolute atomic E-state index is 0.0936. The molecule has 0 aliphatic heterocycles. The smallest absolute Gasteiger partial charge is 0.240 e. The van der Waals surface area contributed by atoms with E-state index in [0.29, 0.717) is 18.3 Å². The van der Waals surface area contributed by atoms with Crippen LogP contribution in [0.5, 0.6) is 0 Å². The van der Waals surface area contributed by atoms with Crippen LogP contribution in [0.4, 0.5) is 0 Å². The first-order chi connectivity index (χ1) is 8.78. The first kappa shape index (κ1) is 12.3. The van der Waals surface area contributed by atoms with Gasteiger partial charge in [0.15, 0.2) is 5.82 Å². The Bertz CT molecular complexity index is 510. The van der Waals surface area contributed by atoms with Crippen molar-refractivity contribution in [3.63, 3.8) is 0 Å². The summed E-state index contributed by atoms with van der Waals surface area (Å²) < 4.78 is 4.81. The molecular weight excluding hydrogens is 232 g/mol. The highest BCUT2D eigenvalue weighted by Gasteiger charge is 2.09. The van der Waals surface area contributed by atoms with Crippen molar-refractivity contribution in [3.8, 4) is 0 Å². The number of hydrogen-bond acceptors (Lipinski definition) is 5. The third-order valence-electron chi connectivity index (χ3n) is 2.34. The van der Waals surface area contributed by atoms with Crippen LogP contribution in [-0.4, -0.2) is 16.0 Å². The van der Waals surface area contributed by atoms with Crippen molar-refractivity contribution in [3.05, 3.63) is 47.6 Å². The molecule has 94 valence electrons. The maximum Gasteiger partial charge on any atom is 0.240 e. The Morgan fingerprint density at radius 2 is 2.11 bits per heavy atom. The average molecular weight is 246 g/mol. The van der Waals surface area contributed by atoms with Crippen molar-refractivity contribution < 1.29 is 9.32 Å². The molecule has 6 nitrogen and oxygen atoms in total. The fraction of sp³-hybridized carbons (Fsp3) is 0.250. The number of hydrogen-bond donors (Lipinski definition) is 2. The van der Waals surface area contributed by atoms with E-state index in [1.807, 2.05) is 30.3 Å². The molecular formula is C12H14N4O2. The Balaban J connectivity index is 1.82. The summed E-state index contributed by atoms with van der Waals surface area (Å²) in [7, 11) is 0. The third-order valence-corrected chi connectivity index (χ3v) is 2.34. The molecule has 0 saturated heterocycles. The standard InChI is InChI=1S/C12H14N4O2/c13-7-12-15-10(16-18-12)6-11(17)14-8-9-4-2-1-3-5-9/h1-5H,6-8,13H2,(H,14,17). The van der Waals surface area contributed by atoms with Gasteiger partial charge in [0.1, 0.15) is 0 Å². The first-order valence-electron chi connectivity index (χ1n) is 5.60. The molecule has 0 aliphatic carbocycles. The van der Waals surface area contributed by atoms with Gasteiger partial charge in [0.2, 0.25) is 11.8 Å². The Morgan fingerprint density at radius 3 is 2.78 bits per heavy atom. The van der Waals surface area contributed by atoms with Crippen LogP contribution in [0, 0.1) is 0 Å². The summed E-state index contributed by atoms with van der Waals surface area (Å²) in [5, 5.41) is 6.44. The van der Waals surface area contributed by atoms with Crippen LogP contribution in [0.15, 0.2) is 34.9 Å². The number of aromatic nitrogens is 2. The normalized spacial score (nSPS) is 10.3. The summed E-state index contributed by atoms with van der Waals surface area (Å²) in [6, 6.07) is 9.67. The van der Waals surface area contributed by atoms with E-state index in [4.69, 9.17) is 10.3 Å². The van der Waals surface area contributed by atoms with E-state index >= 15 is 0 Å². The van der Waals surface area contributed by atoms with Gasteiger partial charge in [0.05, 0.1) is 13.0 Å². The van der Waals surface area contributed by atoms with E-state index in [0.717, 1.165) is 5.56 Å². The molecule has 3 N–H and O–H groups in total. The first-order valence-corrected chi connectivity index (χ1v) is 5.60. The fourth-order valence-corrected chi connectivity index (χ4v) is 1.45. The lowest BCUT2D eigenvalue weighted by Crippen LogP contribution is -2.25. The number of rotatable bonds is 5. The lowest BCUT2D eigenvalue weighted by molar-refractivity contribution is -0.120. The summed E-state index contributed by atoms with van der Waals surface area (Å²) in [5.41, 5.74) is 6.37. The number of carbonyl (C=O) groups excluding carboxylic acids is 1. The number of amides is 1. The largest absolute Gasteiger partial charge is 0.352 e. The SMILES string of the molecule is NCc1nc(CC(=O)NCc2ccccc2)no1. The molecule has 0 fully saturated rings. The van der Waals surface area contributed by atoms with E-state index < -0.39 is 0 Å². The summed E-state index contributed by atoms with van der Waals surface area (Å²) in [4.78, 5) is 15.6. The van der Waals surface area contributed by atoms with Gasteiger partial charge in [0, 0.05) is 6.54 Å². The van der Waals surface area contributed by atoms with Crippen molar-refractivity contribution in [2.24, 2.45) is 5.73 Å². The number of benzene rings is 1. The Kier molecular flexibility index (Phi) is 4.03. The van der Waals surface area contributed by atoms with Crippen LogP contribution in [0.3, 0.4) is 0 Å². The van der Waals surface area contributed by atoms with Crippen molar-refractivity contribution in [2.45, 2.75) is 19.5 Å². The summed E-state index contributed by atoms with van der Waals surface area (Å²) in [6.07, 6.45) is 0.0936. The molecule has 18 heavy (non-hydrogen) atoms. The molecule has 0 aliphatic rings. The van der Waals surface area contributed by atoms with E-state index in [9.17, 15) is 4.79 Å². The highest BCUT2D eigenvalue weighted by atomic mass is 16.5. The van der Waals surface area contributed by atoms with Crippen LogP contribution in [-0.2, 0) is 24.3 Å². The van der Waals surface area contributed by atoms with Crippen molar-refractivity contribution in [1.82, 2.24) is 15.5 Å². The monoisotopic (exact) mass is 246 g/mol. The summed E-state index contributed by atoms with van der Waals surface area (Å²) in [6.45, 7) is 0.667. The highest BCUT2D eigenvalue weighted by Crippen LogP contribution is 1.99. The van der Waals surface area contributed by atoms with Gasteiger partial charge >= 0.3 is 0 Å². The zero-order valence-electron chi connectivity index (χ0n) is 9.80. The molecule has 0 spiro atoms. The minimum atomic E-state index is -0.150. The maximum atomic E-state index is 11.6. The molecule has 0 atom stereocenters. The predicted octanol–water partition coefficient (Wildman–Crippen LogP) is 0.387. The number of nitrogens with two attached hydrogens (primary N) is 1. The van der Waals surface area contributed by atoms with Crippen LogP contribution in [0.2, 0.25) is 0 Å². The maximum absolute atomic E-state index is 11.6. The Morgan fingerprint density at radius 1 is 1.33 bits per heavy atom. The molecule has 0 unspecified atom stereocenters. The van der Waals surface area contributed by atoms with Crippen LogP contribution < -0.4 is 11.1 Å². The lowest BCUT2D eigenvalue weighted by Gasteiger charge is -2.03. The van der Waals surface area contributed by atoms with Crippen LogP contribution >= 0.6 is 0 Å². The molecule has 1 amide bonds. The number of nitrogens with zero attached hydrogens (tertiary/aromatic N) is 2. The molecule has 1 heterocycles. The van der Waals surface area contributed by atoms with Crippen molar-refractivity contribution in [1.29, 1.82) is 0 Å². The Hall–Kier alpha value is -2.21. The molecule has 1 aromatic carbocycles. The molecule has 6 heteroatoms. The predicted molar refractivity (Wildman–Crippen MR) is 64.2 cm³/mol. The summed E-state index contributed by atoms with van der Waals surface area (Å²) in [5.74, 6) is 0.532. The van der Waals surface area contributed by atoms with E-state index in [1.54, 1.807) is 0 Å². The van der Waals surface area contributed by atoms with Gasteiger partial charge in [-0.25, -0.2) is 0 Å². The quantitative estimate of drug-likeness (QED) is 0.795. The number of carbonyl (C=O) groups is 1. The van der Waals surface area contributed by atoms with E-state index in [1.165, 1.54) is 0 Å². The molecule has 0 radical (unpaired) electrons. The molecule has 2 aromatic rings. The van der Waals surface area contributed by atoms with Crippen LogP contribution in [0.25, 0.3) is 0 Å². The second-order valence-corrected chi connectivity index (χ2v) is 3.75. The van der Waals surface area contributed by atoms with Gasteiger partial charge in [0.25, 0.3) is 0 Å². The highest BCUT2D eigenvalue weighted by molar-refractivity contribution is 5.77. The van der Waals surface area contributed by atoms with Gasteiger partial charge in [-0.15, -0.1) is 0 Å².